The number of nitrogens with zero attached hydrogens (tertiary/aromatic N) is 4. The lowest BCUT2D eigenvalue weighted by atomic mass is 10.2. The van der Waals surface area contributed by atoms with Crippen molar-refractivity contribution in [3.8, 4) is 0 Å². The van der Waals surface area contributed by atoms with Gasteiger partial charge in [-0.25, -0.2) is 0 Å². The van der Waals surface area contributed by atoms with Crippen LogP contribution in [-0.2, 0) is 7.05 Å². The highest BCUT2D eigenvalue weighted by Crippen LogP contribution is 2.31. The fourth-order valence-electron chi connectivity index (χ4n) is 1.59. The van der Waals surface area contributed by atoms with Crippen LogP contribution in [-0.4, -0.2) is 39.7 Å². The van der Waals surface area contributed by atoms with Crippen molar-refractivity contribution in [2.75, 3.05) is 19.8 Å². The van der Waals surface area contributed by atoms with Gasteiger partial charge in [-0.15, -0.1) is 10.2 Å². The van der Waals surface area contributed by atoms with Crippen LogP contribution >= 0.6 is 11.8 Å². The van der Waals surface area contributed by atoms with Crippen LogP contribution in [0.15, 0.2) is 28.3 Å². The highest BCUT2D eigenvalue weighted by molar-refractivity contribution is 7.99. The Bertz CT molecular complexity index is 650. The molecule has 1 aromatic heterocycles. The SMILES string of the molecule is Cc1nnc(Sc2cc(C(=O)N(C)C)ccc2N)n1C. The molecule has 2 aromatic rings. The fourth-order valence-corrected chi connectivity index (χ4v) is 2.51. The van der Waals surface area contributed by atoms with Gasteiger partial charge in [0.25, 0.3) is 5.91 Å². The monoisotopic (exact) mass is 291 g/mol. The Kier molecular flexibility index (Phi) is 3.99. The molecule has 106 valence electrons. The number of carbonyl (C=O) groups is 1. The summed E-state index contributed by atoms with van der Waals surface area (Å²) in [5.41, 5.74) is 7.19. The van der Waals surface area contributed by atoms with E-state index in [4.69, 9.17) is 5.73 Å². The van der Waals surface area contributed by atoms with Crippen LogP contribution in [0, 0.1) is 6.92 Å². The third kappa shape index (κ3) is 2.77. The summed E-state index contributed by atoms with van der Waals surface area (Å²) in [6.07, 6.45) is 0. The maximum Gasteiger partial charge on any atom is 0.253 e. The van der Waals surface area contributed by atoms with Crippen LogP contribution in [0.3, 0.4) is 0 Å². The van der Waals surface area contributed by atoms with Crippen molar-refractivity contribution in [1.82, 2.24) is 19.7 Å². The minimum absolute atomic E-state index is 0.0546. The van der Waals surface area contributed by atoms with E-state index in [1.807, 2.05) is 18.5 Å². The number of benzene rings is 1. The van der Waals surface area contributed by atoms with Gasteiger partial charge in [0.2, 0.25) is 0 Å². The summed E-state index contributed by atoms with van der Waals surface area (Å²) in [7, 11) is 5.33. The number of amides is 1. The Balaban J connectivity index is 2.34. The Morgan fingerprint density at radius 1 is 1.35 bits per heavy atom. The number of anilines is 1. The summed E-state index contributed by atoms with van der Waals surface area (Å²) < 4.78 is 1.88. The van der Waals surface area contributed by atoms with E-state index in [1.54, 1.807) is 32.3 Å². The highest BCUT2D eigenvalue weighted by atomic mass is 32.2. The first-order valence-electron chi connectivity index (χ1n) is 6.05. The average Bonchev–Trinajstić information content (AvgIpc) is 2.72. The summed E-state index contributed by atoms with van der Waals surface area (Å²) >= 11 is 1.40. The molecule has 0 spiro atoms. The molecule has 2 rings (SSSR count). The average molecular weight is 291 g/mol. The first-order chi connectivity index (χ1) is 9.40. The van der Waals surface area contributed by atoms with E-state index in [1.165, 1.54) is 16.7 Å². The second-order valence-corrected chi connectivity index (χ2v) is 5.65. The third-order valence-corrected chi connectivity index (χ3v) is 4.03. The molecular weight excluding hydrogens is 274 g/mol. The number of aryl methyl sites for hydroxylation is 1. The lowest BCUT2D eigenvalue weighted by Crippen LogP contribution is -2.21. The summed E-state index contributed by atoms with van der Waals surface area (Å²) in [5.74, 6) is 0.771. The van der Waals surface area contributed by atoms with Crippen LogP contribution in [0.5, 0.6) is 0 Å². The fraction of sp³-hybridized carbons (Fsp3) is 0.308. The molecule has 1 heterocycles. The van der Waals surface area contributed by atoms with Crippen molar-refractivity contribution in [3.05, 3.63) is 29.6 Å². The standard InChI is InChI=1S/C13H17N5OS/c1-8-15-16-13(18(8)4)20-11-7-9(5-6-10(11)14)12(19)17(2)3/h5-7H,14H2,1-4H3. The zero-order valence-corrected chi connectivity index (χ0v) is 12.7. The van der Waals surface area contributed by atoms with Crippen LogP contribution in [0.4, 0.5) is 5.69 Å². The number of nitrogens with two attached hydrogens (primary N) is 1. The van der Waals surface area contributed by atoms with Crippen LogP contribution in [0.25, 0.3) is 0 Å². The van der Waals surface area contributed by atoms with E-state index < -0.39 is 0 Å². The Labute approximate surface area is 122 Å². The van der Waals surface area contributed by atoms with E-state index >= 15 is 0 Å². The van der Waals surface area contributed by atoms with Crippen molar-refractivity contribution < 1.29 is 4.79 Å². The predicted molar refractivity (Wildman–Crippen MR) is 78.7 cm³/mol. The van der Waals surface area contributed by atoms with Gasteiger partial charge in [0.05, 0.1) is 0 Å². The van der Waals surface area contributed by atoms with E-state index in [-0.39, 0.29) is 5.91 Å². The van der Waals surface area contributed by atoms with Gasteiger partial charge in [0.15, 0.2) is 5.16 Å². The third-order valence-electron chi connectivity index (χ3n) is 2.92. The molecule has 1 amide bonds. The maximum atomic E-state index is 12.0. The molecule has 0 saturated carbocycles. The molecule has 20 heavy (non-hydrogen) atoms. The largest absolute Gasteiger partial charge is 0.398 e. The van der Waals surface area contributed by atoms with Gasteiger partial charge in [-0.05, 0) is 36.9 Å². The van der Waals surface area contributed by atoms with Crippen LogP contribution < -0.4 is 5.73 Å². The van der Waals surface area contributed by atoms with Crippen molar-refractivity contribution >= 4 is 23.4 Å². The quantitative estimate of drug-likeness (QED) is 0.868. The second kappa shape index (κ2) is 5.54. The lowest BCUT2D eigenvalue weighted by molar-refractivity contribution is 0.0827. The van der Waals surface area contributed by atoms with E-state index in [2.05, 4.69) is 10.2 Å². The summed E-state index contributed by atoms with van der Waals surface area (Å²) in [6.45, 7) is 1.88. The molecule has 0 bridgehead atoms. The molecule has 6 nitrogen and oxygen atoms in total. The van der Waals surface area contributed by atoms with Gasteiger partial charge in [-0.1, -0.05) is 0 Å². The van der Waals surface area contributed by atoms with Gasteiger partial charge < -0.3 is 15.2 Å². The molecule has 0 fully saturated rings. The second-order valence-electron chi connectivity index (χ2n) is 4.64. The van der Waals surface area contributed by atoms with E-state index in [9.17, 15) is 4.79 Å². The van der Waals surface area contributed by atoms with Crippen LogP contribution in [0.1, 0.15) is 16.2 Å². The van der Waals surface area contributed by atoms with Gasteiger partial charge in [0, 0.05) is 37.3 Å². The molecule has 1 aromatic carbocycles. The Morgan fingerprint density at radius 3 is 2.60 bits per heavy atom. The molecule has 2 N–H and O–H groups in total. The number of rotatable bonds is 3. The molecule has 0 aliphatic heterocycles. The number of carbonyl (C=O) groups excluding carboxylic acids is 1. The van der Waals surface area contributed by atoms with Crippen molar-refractivity contribution in [3.63, 3.8) is 0 Å². The molecule has 0 aliphatic rings. The van der Waals surface area contributed by atoms with Crippen molar-refractivity contribution in [2.45, 2.75) is 17.0 Å². The maximum absolute atomic E-state index is 12.0. The normalized spacial score (nSPS) is 10.6. The van der Waals surface area contributed by atoms with E-state index in [0.29, 0.717) is 11.3 Å². The Morgan fingerprint density at radius 2 is 2.05 bits per heavy atom. The first kappa shape index (κ1) is 14.4. The van der Waals surface area contributed by atoms with Gasteiger partial charge in [-0.3, -0.25) is 4.79 Å². The van der Waals surface area contributed by atoms with E-state index in [0.717, 1.165) is 15.9 Å². The summed E-state index contributed by atoms with van der Waals surface area (Å²) in [5, 5.41) is 8.83. The van der Waals surface area contributed by atoms with Gasteiger partial charge in [0.1, 0.15) is 5.82 Å². The molecule has 0 unspecified atom stereocenters. The lowest BCUT2D eigenvalue weighted by Gasteiger charge is -2.12. The van der Waals surface area contributed by atoms with Crippen molar-refractivity contribution in [2.24, 2.45) is 7.05 Å². The highest BCUT2D eigenvalue weighted by Gasteiger charge is 2.13. The molecule has 0 radical (unpaired) electrons. The molecule has 0 atom stereocenters. The van der Waals surface area contributed by atoms with Gasteiger partial charge >= 0.3 is 0 Å². The van der Waals surface area contributed by atoms with Crippen molar-refractivity contribution in [1.29, 1.82) is 0 Å². The molecule has 7 heteroatoms. The molecule has 0 saturated heterocycles. The number of nitrogen functional groups attached to an aromatic ring is 1. The first-order valence-corrected chi connectivity index (χ1v) is 6.87. The number of hydrogen-bond donors (Lipinski definition) is 1. The minimum Gasteiger partial charge on any atom is -0.398 e. The Hall–Kier alpha value is -2.02. The molecular formula is C13H17N5OS. The topological polar surface area (TPSA) is 77.0 Å². The smallest absolute Gasteiger partial charge is 0.253 e. The van der Waals surface area contributed by atoms with Gasteiger partial charge in [-0.2, -0.15) is 0 Å². The number of aromatic nitrogens is 3. The number of hydrogen-bond acceptors (Lipinski definition) is 5. The summed E-state index contributed by atoms with van der Waals surface area (Å²) in [6, 6.07) is 5.25. The molecule has 0 aliphatic carbocycles. The van der Waals surface area contributed by atoms with Crippen LogP contribution in [0.2, 0.25) is 0 Å². The minimum atomic E-state index is -0.0546. The zero-order chi connectivity index (χ0) is 14.9. The summed E-state index contributed by atoms with van der Waals surface area (Å²) in [4.78, 5) is 14.3. The predicted octanol–water partition coefficient (Wildman–Crippen LogP) is 1.56. The zero-order valence-electron chi connectivity index (χ0n) is 11.9.